The molecule has 0 saturated carbocycles. The smallest absolute Gasteiger partial charge is 0.254 e. The first-order chi connectivity index (χ1) is 15.1. The second-order valence-electron chi connectivity index (χ2n) is 6.77. The Balaban J connectivity index is 1.61. The molecule has 1 aromatic heterocycles. The van der Waals surface area contributed by atoms with Crippen LogP contribution in [0.5, 0.6) is 17.2 Å². The van der Waals surface area contributed by atoms with Crippen LogP contribution >= 0.6 is 0 Å². The topological polar surface area (TPSA) is 94.8 Å². The van der Waals surface area contributed by atoms with Crippen LogP contribution in [0.25, 0.3) is 5.69 Å². The van der Waals surface area contributed by atoms with Crippen molar-refractivity contribution in [3.05, 3.63) is 66.0 Å². The third-order valence-corrected chi connectivity index (χ3v) is 4.75. The Morgan fingerprint density at radius 2 is 1.77 bits per heavy atom. The largest absolute Gasteiger partial charge is 0.493 e. The van der Waals surface area contributed by atoms with E-state index in [1.807, 2.05) is 37.3 Å². The standard InChI is InChI=1S/C23H27N3O5/c1-4-19-18(14-25-26(19)16-9-6-5-7-10-16)23(28)24-13-17(27)15-31-22-20(29-2)11-8-12-21(22)30-3/h5-12,14,17,27H,4,13,15H2,1-3H3,(H,24,28). The first-order valence-corrected chi connectivity index (χ1v) is 10.0. The number of para-hydroxylation sites is 2. The van der Waals surface area contributed by atoms with Crippen LogP contribution in [0.2, 0.25) is 0 Å². The molecule has 2 N–H and O–H groups in total. The summed E-state index contributed by atoms with van der Waals surface area (Å²) < 4.78 is 18.0. The maximum Gasteiger partial charge on any atom is 0.254 e. The maximum absolute atomic E-state index is 12.7. The number of carbonyl (C=O) groups excluding carboxylic acids is 1. The van der Waals surface area contributed by atoms with Crippen LogP contribution in [-0.4, -0.2) is 54.3 Å². The third-order valence-electron chi connectivity index (χ3n) is 4.75. The van der Waals surface area contributed by atoms with E-state index in [-0.39, 0.29) is 19.1 Å². The van der Waals surface area contributed by atoms with Gasteiger partial charge in [-0.05, 0) is 30.7 Å². The lowest BCUT2D eigenvalue weighted by Gasteiger charge is -2.17. The number of aliphatic hydroxyl groups is 1. The number of nitrogens with zero attached hydrogens (tertiary/aromatic N) is 2. The molecule has 31 heavy (non-hydrogen) atoms. The number of carbonyl (C=O) groups is 1. The third kappa shape index (κ3) is 5.16. The van der Waals surface area contributed by atoms with Gasteiger partial charge in [-0.25, -0.2) is 4.68 Å². The number of rotatable bonds is 10. The van der Waals surface area contributed by atoms with Crippen LogP contribution in [0, 0.1) is 0 Å². The predicted molar refractivity (Wildman–Crippen MR) is 116 cm³/mol. The summed E-state index contributed by atoms with van der Waals surface area (Å²) in [5.41, 5.74) is 2.16. The minimum Gasteiger partial charge on any atom is -0.493 e. The number of hydrogen-bond acceptors (Lipinski definition) is 6. The molecule has 1 amide bonds. The molecule has 0 radical (unpaired) electrons. The highest BCUT2D eigenvalue weighted by Crippen LogP contribution is 2.36. The van der Waals surface area contributed by atoms with Crippen molar-refractivity contribution < 1.29 is 24.1 Å². The summed E-state index contributed by atoms with van der Waals surface area (Å²) in [4.78, 5) is 12.7. The molecular weight excluding hydrogens is 398 g/mol. The van der Waals surface area contributed by atoms with Gasteiger partial charge in [0, 0.05) is 6.54 Å². The van der Waals surface area contributed by atoms with Crippen LogP contribution < -0.4 is 19.5 Å². The Hall–Kier alpha value is -3.52. The van der Waals surface area contributed by atoms with Gasteiger partial charge in [0.25, 0.3) is 5.91 Å². The van der Waals surface area contributed by atoms with Gasteiger partial charge in [0.2, 0.25) is 5.75 Å². The first kappa shape index (κ1) is 22.2. The SMILES string of the molecule is CCc1c(C(=O)NCC(O)COc2c(OC)cccc2OC)cnn1-c1ccccc1. The average molecular weight is 425 g/mol. The van der Waals surface area contributed by atoms with Crippen molar-refractivity contribution in [3.63, 3.8) is 0 Å². The van der Waals surface area contributed by atoms with Gasteiger partial charge >= 0.3 is 0 Å². The van der Waals surface area contributed by atoms with Gasteiger partial charge in [-0.1, -0.05) is 31.2 Å². The highest BCUT2D eigenvalue weighted by atomic mass is 16.5. The summed E-state index contributed by atoms with van der Waals surface area (Å²) in [7, 11) is 3.05. The maximum atomic E-state index is 12.7. The minimum absolute atomic E-state index is 0.0238. The Morgan fingerprint density at radius 1 is 1.10 bits per heavy atom. The molecule has 2 aromatic carbocycles. The van der Waals surface area contributed by atoms with Crippen LogP contribution in [-0.2, 0) is 6.42 Å². The molecule has 0 aliphatic rings. The van der Waals surface area contributed by atoms with Crippen molar-refractivity contribution in [2.75, 3.05) is 27.4 Å². The van der Waals surface area contributed by atoms with Crippen LogP contribution in [0.1, 0.15) is 23.0 Å². The van der Waals surface area contributed by atoms with E-state index in [2.05, 4.69) is 10.4 Å². The molecule has 0 bridgehead atoms. The highest BCUT2D eigenvalue weighted by molar-refractivity contribution is 5.95. The van der Waals surface area contributed by atoms with Crippen molar-refractivity contribution in [1.82, 2.24) is 15.1 Å². The number of aliphatic hydroxyl groups excluding tert-OH is 1. The molecule has 0 aliphatic heterocycles. The van der Waals surface area contributed by atoms with Gasteiger partial charge in [-0.2, -0.15) is 5.10 Å². The van der Waals surface area contributed by atoms with E-state index in [0.717, 1.165) is 11.4 Å². The monoisotopic (exact) mass is 425 g/mol. The summed E-state index contributed by atoms with van der Waals surface area (Å²) >= 11 is 0. The molecule has 1 atom stereocenters. The van der Waals surface area contributed by atoms with Gasteiger partial charge in [0.05, 0.1) is 37.4 Å². The summed E-state index contributed by atoms with van der Waals surface area (Å²) in [6.45, 7) is 1.95. The number of aromatic nitrogens is 2. The summed E-state index contributed by atoms with van der Waals surface area (Å²) in [5.74, 6) is 1.09. The number of benzene rings is 2. The fourth-order valence-corrected chi connectivity index (χ4v) is 3.20. The molecule has 164 valence electrons. The zero-order chi connectivity index (χ0) is 22.2. The van der Waals surface area contributed by atoms with E-state index in [9.17, 15) is 9.90 Å². The average Bonchev–Trinajstić information content (AvgIpc) is 3.25. The fourth-order valence-electron chi connectivity index (χ4n) is 3.20. The summed E-state index contributed by atoms with van der Waals surface area (Å²) in [6.07, 6.45) is 1.26. The lowest BCUT2D eigenvalue weighted by Crippen LogP contribution is -2.35. The number of methoxy groups -OCH3 is 2. The minimum atomic E-state index is -0.923. The van der Waals surface area contributed by atoms with Gasteiger partial charge in [0.15, 0.2) is 11.5 Å². The number of ether oxygens (including phenoxy) is 3. The van der Waals surface area contributed by atoms with Gasteiger partial charge in [-0.15, -0.1) is 0 Å². The summed E-state index contributed by atoms with van der Waals surface area (Å²) in [5, 5.41) is 17.4. The normalized spacial score (nSPS) is 11.6. The Morgan fingerprint density at radius 3 is 2.39 bits per heavy atom. The lowest BCUT2D eigenvalue weighted by atomic mass is 10.2. The molecule has 3 aromatic rings. The second kappa shape index (κ2) is 10.5. The molecule has 0 aliphatic carbocycles. The first-order valence-electron chi connectivity index (χ1n) is 10.0. The van der Waals surface area contributed by atoms with Crippen LogP contribution in [0.4, 0.5) is 0 Å². The molecule has 8 heteroatoms. The van der Waals surface area contributed by atoms with Crippen molar-refractivity contribution >= 4 is 5.91 Å². The molecule has 0 spiro atoms. The number of nitrogens with one attached hydrogen (secondary N) is 1. The number of hydrogen-bond donors (Lipinski definition) is 2. The Labute approximate surface area is 181 Å². The van der Waals surface area contributed by atoms with Gasteiger partial charge < -0.3 is 24.6 Å². The van der Waals surface area contributed by atoms with E-state index < -0.39 is 6.10 Å². The Bertz CT molecular complexity index is 981. The van der Waals surface area contributed by atoms with Gasteiger partial charge in [0.1, 0.15) is 12.7 Å². The Kier molecular flexibility index (Phi) is 7.50. The lowest BCUT2D eigenvalue weighted by molar-refractivity contribution is 0.0833. The fraction of sp³-hybridized carbons (Fsp3) is 0.304. The van der Waals surface area contributed by atoms with E-state index in [0.29, 0.717) is 29.2 Å². The zero-order valence-electron chi connectivity index (χ0n) is 17.9. The molecule has 8 nitrogen and oxygen atoms in total. The number of amides is 1. The van der Waals surface area contributed by atoms with E-state index in [1.165, 1.54) is 14.2 Å². The molecule has 1 unspecified atom stereocenters. The quantitative estimate of drug-likeness (QED) is 0.519. The molecular formula is C23H27N3O5. The molecule has 3 rings (SSSR count). The van der Waals surface area contributed by atoms with E-state index in [1.54, 1.807) is 29.1 Å². The molecule has 1 heterocycles. The predicted octanol–water partition coefficient (Wildman–Crippen LogP) is 2.62. The van der Waals surface area contributed by atoms with Crippen LogP contribution in [0.15, 0.2) is 54.7 Å². The molecule has 0 saturated heterocycles. The summed E-state index contributed by atoms with van der Waals surface area (Å²) in [6, 6.07) is 14.9. The molecule has 0 fully saturated rings. The van der Waals surface area contributed by atoms with Crippen molar-refractivity contribution in [2.45, 2.75) is 19.4 Å². The zero-order valence-corrected chi connectivity index (χ0v) is 17.9. The van der Waals surface area contributed by atoms with Crippen molar-refractivity contribution in [3.8, 4) is 22.9 Å². The van der Waals surface area contributed by atoms with E-state index in [4.69, 9.17) is 14.2 Å². The van der Waals surface area contributed by atoms with Crippen molar-refractivity contribution in [2.24, 2.45) is 0 Å². The van der Waals surface area contributed by atoms with Gasteiger partial charge in [-0.3, -0.25) is 4.79 Å². The van der Waals surface area contributed by atoms with Crippen LogP contribution in [0.3, 0.4) is 0 Å². The highest BCUT2D eigenvalue weighted by Gasteiger charge is 2.19. The van der Waals surface area contributed by atoms with Crippen molar-refractivity contribution in [1.29, 1.82) is 0 Å². The second-order valence-corrected chi connectivity index (χ2v) is 6.77. The van der Waals surface area contributed by atoms with E-state index >= 15 is 0 Å².